The molecule has 0 bridgehead atoms. The lowest BCUT2D eigenvalue weighted by Gasteiger charge is -2.32. The minimum atomic E-state index is 0.628. The lowest BCUT2D eigenvalue weighted by molar-refractivity contribution is 0.389. The average molecular weight is 410 g/mol. The van der Waals surface area contributed by atoms with E-state index in [1.165, 1.54) is 65.6 Å². The molecule has 3 atom stereocenters. The Morgan fingerprint density at radius 2 is 1.45 bits per heavy atom. The van der Waals surface area contributed by atoms with Gasteiger partial charge in [-0.25, -0.2) is 0 Å². The highest BCUT2D eigenvalue weighted by Gasteiger charge is 2.40. The summed E-state index contributed by atoms with van der Waals surface area (Å²) in [4.78, 5) is 2.68. The fourth-order valence-corrected chi connectivity index (χ4v) is 5.93. The maximum absolute atomic E-state index is 2.68. The molecular formula is C30H35N. The average Bonchev–Trinajstić information content (AvgIpc) is 3.17. The maximum atomic E-state index is 2.68. The van der Waals surface area contributed by atoms with E-state index in [1.807, 2.05) is 0 Å². The van der Waals surface area contributed by atoms with E-state index in [4.69, 9.17) is 0 Å². The van der Waals surface area contributed by atoms with Gasteiger partial charge in [-0.2, -0.15) is 0 Å². The van der Waals surface area contributed by atoms with Crippen LogP contribution in [0.3, 0.4) is 0 Å². The fourth-order valence-electron chi connectivity index (χ4n) is 5.93. The molecule has 1 saturated carbocycles. The van der Waals surface area contributed by atoms with Crippen molar-refractivity contribution >= 4 is 5.69 Å². The first-order valence-corrected chi connectivity index (χ1v) is 12.3. The number of fused-ring (bicyclic) bond motifs is 3. The fraction of sp³-hybridized carbons (Fsp3) is 0.400. The van der Waals surface area contributed by atoms with Gasteiger partial charge >= 0.3 is 0 Å². The van der Waals surface area contributed by atoms with Crippen LogP contribution in [0, 0.1) is 0 Å². The molecule has 0 aromatic heterocycles. The Balaban J connectivity index is 1.47. The second-order valence-electron chi connectivity index (χ2n) is 9.49. The minimum absolute atomic E-state index is 0.628. The Morgan fingerprint density at radius 3 is 2.13 bits per heavy atom. The van der Waals surface area contributed by atoms with E-state index in [9.17, 15) is 0 Å². The molecular weight excluding hydrogens is 374 g/mol. The molecule has 3 unspecified atom stereocenters. The van der Waals surface area contributed by atoms with Crippen molar-refractivity contribution in [3.8, 4) is 22.3 Å². The molecule has 0 saturated heterocycles. The molecule has 0 N–H and O–H groups in total. The van der Waals surface area contributed by atoms with Crippen molar-refractivity contribution < 1.29 is 0 Å². The topological polar surface area (TPSA) is 3.24 Å². The number of likely N-dealkylation sites (N-methyl/N-ethyl adjacent to an activating group) is 1. The first-order chi connectivity index (χ1) is 15.2. The van der Waals surface area contributed by atoms with Gasteiger partial charge in [-0.1, -0.05) is 87.4 Å². The molecule has 5 rings (SSSR count). The summed E-state index contributed by atoms with van der Waals surface area (Å²) >= 11 is 0. The summed E-state index contributed by atoms with van der Waals surface area (Å²) in [5.74, 6) is 1.33. The molecule has 0 radical (unpaired) electrons. The van der Waals surface area contributed by atoms with Crippen molar-refractivity contribution in [1.29, 1.82) is 0 Å². The summed E-state index contributed by atoms with van der Waals surface area (Å²) in [5.41, 5.74) is 9.95. The van der Waals surface area contributed by atoms with Crippen molar-refractivity contribution in [2.45, 2.75) is 70.8 Å². The first-order valence-electron chi connectivity index (χ1n) is 12.3. The van der Waals surface area contributed by atoms with Gasteiger partial charge in [-0.05, 0) is 71.6 Å². The van der Waals surface area contributed by atoms with Gasteiger partial charge in [-0.15, -0.1) is 0 Å². The number of hydrogen-bond donors (Lipinski definition) is 0. The van der Waals surface area contributed by atoms with Crippen LogP contribution in [0.25, 0.3) is 22.3 Å². The van der Waals surface area contributed by atoms with Gasteiger partial charge in [-0.3, -0.25) is 0 Å². The summed E-state index contributed by atoms with van der Waals surface area (Å²) in [6.07, 6.45) is 6.63. The Hall–Kier alpha value is -2.54. The van der Waals surface area contributed by atoms with Crippen molar-refractivity contribution in [2.24, 2.45) is 0 Å². The summed E-state index contributed by atoms with van der Waals surface area (Å²) in [7, 11) is 0. The quantitative estimate of drug-likeness (QED) is 0.409. The molecule has 1 heteroatoms. The molecule has 1 aliphatic carbocycles. The molecule has 31 heavy (non-hydrogen) atoms. The first kappa shape index (κ1) is 20.4. The zero-order valence-corrected chi connectivity index (χ0v) is 19.3. The third-order valence-corrected chi connectivity index (χ3v) is 7.86. The van der Waals surface area contributed by atoms with Gasteiger partial charge in [0.15, 0.2) is 0 Å². The number of rotatable bonds is 5. The van der Waals surface area contributed by atoms with Crippen LogP contribution in [0.4, 0.5) is 5.69 Å². The third kappa shape index (κ3) is 3.59. The predicted octanol–water partition coefficient (Wildman–Crippen LogP) is 8.40. The van der Waals surface area contributed by atoms with Gasteiger partial charge in [0.25, 0.3) is 0 Å². The molecule has 1 fully saturated rings. The highest BCUT2D eigenvalue weighted by molar-refractivity contribution is 5.80. The van der Waals surface area contributed by atoms with Crippen LogP contribution < -0.4 is 4.90 Å². The largest absolute Gasteiger partial charge is 0.368 e. The number of hydrogen-bond acceptors (Lipinski definition) is 1. The highest BCUT2D eigenvalue weighted by Crippen LogP contribution is 2.51. The summed E-state index contributed by atoms with van der Waals surface area (Å²) < 4.78 is 0. The van der Waals surface area contributed by atoms with E-state index in [1.54, 1.807) is 5.56 Å². The predicted molar refractivity (Wildman–Crippen MR) is 134 cm³/mol. The molecule has 0 spiro atoms. The van der Waals surface area contributed by atoms with Crippen LogP contribution in [0.5, 0.6) is 0 Å². The number of anilines is 1. The molecule has 3 aromatic rings. The van der Waals surface area contributed by atoms with E-state index >= 15 is 0 Å². The number of nitrogens with zero attached hydrogens (tertiary/aromatic N) is 1. The van der Waals surface area contributed by atoms with Crippen LogP contribution in [-0.2, 0) is 0 Å². The second-order valence-corrected chi connectivity index (χ2v) is 9.49. The number of benzene rings is 3. The van der Waals surface area contributed by atoms with Gasteiger partial charge in [0, 0.05) is 24.2 Å². The maximum Gasteiger partial charge on any atom is 0.0411 e. The second kappa shape index (κ2) is 8.54. The minimum Gasteiger partial charge on any atom is -0.368 e. The molecule has 2 aliphatic rings. The zero-order chi connectivity index (χ0) is 21.4. The van der Waals surface area contributed by atoms with E-state index < -0.39 is 0 Å². The molecule has 1 nitrogen and oxygen atoms in total. The summed E-state index contributed by atoms with van der Waals surface area (Å²) in [6.45, 7) is 7.99. The van der Waals surface area contributed by atoms with Crippen LogP contribution in [0.2, 0.25) is 0 Å². The lowest BCUT2D eigenvalue weighted by Crippen LogP contribution is -2.35. The van der Waals surface area contributed by atoms with Crippen LogP contribution in [-0.4, -0.2) is 12.6 Å². The standard InChI is InChI=1S/C30H35N/c1-4-21(3)22-13-15-23(16-14-22)24-17-19-25(20-18-24)26-10-8-12-29-30(26)27-9-6-7-11-28(27)31(29)5-2/h8,10,12-21,27-28H,4-7,9,11H2,1-3H3. The van der Waals surface area contributed by atoms with E-state index in [-0.39, 0.29) is 0 Å². The summed E-state index contributed by atoms with van der Waals surface area (Å²) in [5, 5.41) is 0. The Morgan fingerprint density at radius 1 is 0.806 bits per heavy atom. The van der Waals surface area contributed by atoms with Crippen LogP contribution in [0.1, 0.15) is 75.8 Å². The molecule has 1 aliphatic heterocycles. The monoisotopic (exact) mass is 409 g/mol. The molecule has 3 aromatic carbocycles. The Labute approximate surface area is 188 Å². The molecule has 0 amide bonds. The van der Waals surface area contributed by atoms with Gasteiger partial charge < -0.3 is 4.90 Å². The van der Waals surface area contributed by atoms with E-state index in [0.717, 1.165) is 6.54 Å². The summed E-state index contributed by atoms with van der Waals surface area (Å²) in [6, 6.07) is 26.1. The van der Waals surface area contributed by atoms with Crippen LogP contribution in [0.15, 0.2) is 66.7 Å². The van der Waals surface area contributed by atoms with Crippen molar-refractivity contribution in [3.63, 3.8) is 0 Å². The van der Waals surface area contributed by atoms with Crippen LogP contribution >= 0.6 is 0 Å². The Bertz CT molecular complexity index is 1030. The van der Waals surface area contributed by atoms with Crippen molar-refractivity contribution in [1.82, 2.24) is 0 Å². The van der Waals surface area contributed by atoms with Crippen molar-refractivity contribution in [3.05, 3.63) is 77.9 Å². The zero-order valence-electron chi connectivity index (χ0n) is 19.3. The van der Waals surface area contributed by atoms with Gasteiger partial charge in [0.1, 0.15) is 0 Å². The normalized spacial score (nSPS) is 20.9. The van der Waals surface area contributed by atoms with Crippen molar-refractivity contribution in [2.75, 3.05) is 11.4 Å². The lowest BCUT2D eigenvalue weighted by atomic mass is 9.80. The smallest absolute Gasteiger partial charge is 0.0411 e. The van der Waals surface area contributed by atoms with E-state index in [2.05, 4.69) is 92.4 Å². The van der Waals surface area contributed by atoms with E-state index in [0.29, 0.717) is 17.9 Å². The third-order valence-electron chi connectivity index (χ3n) is 7.86. The Kier molecular flexibility index (Phi) is 5.61. The molecule has 160 valence electrons. The highest BCUT2D eigenvalue weighted by atomic mass is 15.2. The van der Waals surface area contributed by atoms with Gasteiger partial charge in [0.2, 0.25) is 0 Å². The molecule has 1 heterocycles. The van der Waals surface area contributed by atoms with Gasteiger partial charge in [0.05, 0.1) is 0 Å². The SMILES string of the molecule is CCC(C)c1ccc(-c2ccc(-c3cccc4c3C3CCCCC3N4CC)cc2)cc1.